The minimum Gasteiger partial charge on any atom is -0.359 e. The van der Waals surface area contributed by atoms with Crippen molar-refractivity contribution < 1.29 is 0 Å². The number of anilines is 1. The number of hydrogen-bond acceptors (Lipinski definition) is 5. The summed E-state index contributed by atoms with van der Waals surface area (Å²) in [6, 6.07) is -0.0270. The largest absolute Gasteiger partial charge is 0.359 e. The van der Waals surface area contributed by atoms with Crippen LogP contribution in [0.25, 0.3) is 0 Å². The summed E-state index contributed by atoms with van der Waals surface area (Å²) in [5, 5.41) is 11.8. The number of hydrogen-bond donors (Lipinski definition) is 1. The first kappa shape index (κ1) is 13.7. The van der Waals surface area contributed by atoms with E-state index in [4.69, 9.17) is 11.6 Å². The van der Waals surface area contributed by atoms with Crippen molar-refractivity contribution in [3.63, 3.8) is 0 Å². The first-order valence-electron chi connectivity index (χ1n) is 6.25. The van der Waals surface area contributed by atoms with Crippen molar-refractivity contribution in [2.75, 3.05) is 5.32 Å². The highest BCUT2D eigenvalue weighted by Gasteiger charge is 2.15. The number of rotatable bonds is 5. The molecule has 0 spiro atoms. The molecule has 0 aliphatic rings. The van der Waals surface area contributed by atoms with Gasteiger partial charge in [0.2, 0.25) is 0 Å². The van der Waals surface area contributed by atoms with Crippen molar-refractivity contribution in [2.24, 2.45) is 0 Å². The summed E-state index contributed by atoms with van der Waals surface area (Å²) >= 11 is 6.07. The predicted octanol–water partition coefficient (Wildman–Crippen LogP) is 2.61. The second-order valence-electron chi connectivity index (χ2n) is 4.36. The zero-order valence-corrected chi connectivity index (χ0v) is 12.0. The van der Waals surface area contributed by atoms with E-state index in [1.165, 1.54) is 0 Å². The van der Waals surface area contributed by atoms with Crippen LogP contribution >= 0.6 is 11.6 Å². The average molecular weight is 281 g/mol. The molecule has 0 amide bonds. The van der Waals surface area contributed by atoms with Gasteiger partial charge in [-0.15, -0.1) is 10.2 Å². The van der Waals surface area contributed by atoms with E-state index in [1.807, 2.05) is 18.4 Å². The van der Waals surface area contributed by atoms with Gasteiger partial charge in [0.15, 0.2) is 5.82 Å². The van der Waals surface area contributed by atoms with Crippen LogP contribution < -0.4 is 5.32 Å². The third-order valence-corrected chi connectivity index (χ3v) is 2.99. The minimum atomic E-state index is -0.0270. The Morgan fingerprint density at radius 3 is 3.00 bits per heavy atom. The maximum atomic E-state index is 6.07. The first-order valence-corrected chi connectivity index (χ1v) is 6.63. The lowest BCUT2D eigenvalue weighted by Gasteiger charge is -2.15. The molecule has 7 heteroatoms. The molecule has 19 heavy (non-hydrogen) atoms. The van der Waals surface area contributed by atoms with E-state index in [0.29, 0.717) is 16.7 Å². The lowest BCUT2D eigenvalue weighted by Crippen LogP contribution is -2.15. The standard InChI is InChI=1S/C12H17ClN6/c1-4-5-19-7-15-18-12(19)8(2)16-11-10(13)6-14-9(3)17-11/h6-8H,4-5H2,1-3H3,(H,14,16,17). The maximum absolute atomic E-state index is 6.07. The van der Waals surface area contributed by atoms with Gasteiger partial charge >= 0.3 is 0 Å². The van der Waals surface area contributed by atoms with Gasteiger partial charge in [-0.2, -0.15) is 0 Å². The van der Waals surface area contributed by atoms with Gasteiger partial charge in [-0.05, 0) is 20.3 Å². The molecule has 2 heterocycles. The summed E-state index contributed by atoms with van der Waals surface area (Å²) in [5.41, 5.74) is 0. The molecule has 0 saturated carbocycles. The van der Waals surface area contributed by atoms with E-state index in [1.54, 1.807) is 12.5 Å². The molecule has 2 rings (SSSR count). The topological polar surface area (TPSA) is 68.5 Å². The fourth-order valence-electron chi connectivity index (χ4n) is 1.84. The van der Waals surface area contributed by atoms with Gasteiger partial charge in [0.05, 0.1) is 12.2 Å². The van der Waals surface area contributed by atoms with Crippen LogP contribution in [-0.2, 0) is 6.54 Å². The first-order chi connectivity index (χ1) is 9.11. The van der Waals surface area contributed by atoms with E-state index in [2.05, 4.69) is 32.4 Å². The Morgan fingerprint density at radius 2 is 2.26 bits per heavy atom. The molecule has 0 aromatic carbocycles. The Labute approximate surface area is 117 Å². The Morgan fingerprint density at radius 1 is 1.47 bits per heavy atom. The van der Waals surface area contributed by atoms with E-state index in [0.717, 1.165) is 18.8 Å². The zero-order chi connectivity index (χ0) is 13.8. The fraction of sp³-hybridized carbons (Fsp3) is 0.500. The van der Waals surface area contributed by atoms with Gasteiger partial charge in [0, 0.05) is 6.54 Å². The lowest BCUT2D eigenvalue weighted by molar-refractivity contribution is 0.613. The zero-order valence-electron chi connectivity index (χ0n) is 11.3. The summed E-state index contributed by atoms with van der Waals surface area (Å²) in [5.74, 6) is 2.16. The number of aromatic nitrogens is 5. The highest BCUT2D eigenvalue weighted by atomic mass is 35.5. The molecule has 0 saturated heterocycles. The minimum absolute atomic E-state index is 0.0270. The van der Waals surface area contributed by atoms with Crippen LogP contribution in [0.5, 0.6) is 0 Å². The van der Waals surface area contributed by atoms with E-state index >= 15 is 0 Å². The van der Waals surface area contributed by atoms with Crippen molar-refractivity contribution in [2.45, 2.75) is 39.8 Å². The Bertz CT molecular complexity index is 553. The van der Waals surface area contributed by atoms with E-state index in [9.17, 15) is 0 Å². The molecule has 0 aliphatic carbocycles. The Kier molecular flexibility index (Phi) is 4.31. The third kappa shape index (κ3) is 3.20. The second-order valence-corrected chi connectivity index (χ2v) is 4.77. The quantitative estimate of drug-likeness (QED) is 0.912. The van der Waals surface area contributed by atoms with E-state index < -0.39 is 0 Å². The molecule has 2 aromatic heterocycles. The summed E-state index contributed by atoms with van der Waals surface area (Å²) < 4.78 is 2.03. The summed E-state index contributed by atoms with van der Waals surface area (Å²) in [6.07, 6.45) is 4.37. The number of aryl methyl sites for hydroxylation is 2. The molecule has 0 aliphatic heterocycles. The SMILES string of the molecule is CCCn1cnnc1C(C)Nc1nc(C)ncc1Cl. The van der Waals surface area contributed by atoms with E-state index in [-0.39, 0.29) is 6.04 Å². The van der Waals surface area contributed by atoms with Gasteiger partial charge in [-0.3, -0.25) is 0 Å². The summed E-state index contributed by atoms with van der Waals surface area (Å²) in [7, 11) is 0. The van der Waals surface area contributed by atoms with Crippen LogP contribution in [0.2, 0.25) is 5.02 Å². The van der Waals surface area contributed by atoms with Gasteiger partial charge < -0.3 is 9.88 Å². The Balaban J connectivity index is 2.18. The van der Waals surface area contributed by atoms with Gasteiger partial charge in [-0.25, -0.2) is 9.97 Å². The molecule has 102 valence electrons. The van der Waals surface area contributed by atoms with Gasteiger partial charge in [-0.1, -0.05) is 18.5 Å². The smallest absolute Gasteiger partial charge is 0.155 e. The molecular weight excluding hydrogens is 264 g/mol. The molecule has 0 radical (unpaired) electrons. The monoisotopic (exact) mass is 280 g/mol. The van der Waals surface area contributed by atoms with Crippen LogP contribution in [-0.4, -0.2) is 24.7 Å². The molecule has 0 fully saturated rings. The molecule has 1 N–H and O–H groups in total. The van der Waals surface area contributed by atoms with Crippen molar-refractivity contribution in [1.82, 2.24) is 24.7 Å². The molecule has 6 nitrogen and oxygen atoms in total. The normalized spacial score (nSPS) is 12.4. The van der Waals surface area contributed by atoms with Crippen LogP contribution in [0.4, 0.5) is 5.82 Å². The average Bonchev–Trinajstić information content (AvgIpc) is 2.82. The number of nitrogens with zero attached hydrogens (tertiary/aromatic N) is 5. The summed E-state index contributed by atoms with van der Waals surface area (Å²) in [6.45, 7) is 6.84. The van der Waals surface area contributed by atoms with Crippen LogP contribution in [0.15, 0.2) is 12.5 Å². The van der Waals surface area contributed by atoms with Crippen molar-refractivity contribution in [3.05, 3.63) is 29.2 Å². The molecular formula is C12H17ClN6. The molecule has 1 unspecified atom stereocenters. The summed E-state index contributed by atoms with van der Waals surface area (Å²) in [4.78, 5) is 8.33. The van der Waals surface area contributed by atoms with Gasteiger partial charge in [0.25, 0.3) is 0 Å². The Hall–Kier alpha value is -1.69. The lowest BCUT2D eigenvalue weighted by atomic mass is 10.3. The maximum Gasteiger partial charge on any atom is 0.155 e. The van der Waals surface area contributed by atoms with Crippen molar-refractivity contribution in [1.29, 1.82) is 0 Å². The fourth-order valence-corrected chi connectivity index (χ4v) is 1.98. The predicted molar refractivity (Wildman–Crippen MR) is 74.1 cm³/mol. The number of nitrogens with one attached hydrogen (secondary N) is 1. The third-order valence-electron chi connectivity index (χ3n) is 2.72. The molecule has 0 bridgehead atoms. The second kappa shape index (κ2) is 5.97. The van der Waals surface area contributed by atoms with Crippen LogP contribution in [0.3, 0.4) is 0 Å². The highest BCUT2D eigenvalue weighted by Crippen LogP contribution is 2.22. The highest BCUT2D eigenvalue weighted by molar-refractivity contribution is 6.32. The number of halogens is 1. The van der Waals surface area contributed by atoms with Crippen molar-refractivity contribution in [3.8, 4) is 0 Å². The molecule has 2 aromatic rings. The van der Waals surface area contributed by atoms with Crippen molar-refractivity contribution >= 4 is 17.4 Å². The van der Waals surface area contributed by atoms with Crippen LogP contribution in [0.1, 0.15) is 38.0 Å². The van der Waals surface area contributed by atoms with Crippen LogP contribution in [0, 0.1) is 6.92 Å². The van der Waals surface area contributed by atoms with Gasteiger partial charge in [0.1, 0.15) is 23.0 Å². The molecule has 1 atom stereocenters.